The number of nitrogens with one attached hydrogen (secondary N) is 1. The van der Waals surface area contributed by atoms with Crippen molar-refractivity contribution in [3.8, 4) is 28.1 Å². The zero-order valence-corrected chi connectivity index (χ0v) is 17.8. The van der Waals surface area contributed by atoms with E-state index in [-0.39, 0.29) is 11.5 Å². The largest absolute Gasteiger partial charge is 0.364 e. The van der Waals surface area contributed by atoms with Crippen molar-refractivity contribution in [2.24, 2.45) is 0 Å². The van der Waals surface area contributed by atoms with E-state index in [2.05, 4.69) is 10.1 Å². The van der Waals surface area contributed by atoms with Gasteiger partial charge in [0.2, 0.25) is 0 Å². The summed E-state index contributed by atoms with van der Waals surface area (Å²) in [6, 6.07) is 14.6. The monoisotopic (exact) mass is 432 g/mol. The lowest BCUT2D eigenvalue weighted by molar-refractivity contribution is 0.0793. The van der Waals surface area contributed by atoms with Gasteiger partial charge in [-0.15, -0.1) is 0 Å². The molecule has 156 valence electrons. The van der Waals surface area contributed by atoms with E-state index in [0.29, 0.717) is 27.5 Å². The molecular formula is C24H21ClN4O2. The fourth-order valence-corrected chi connectivity index (χ4v) is 4.31. The number of rotatable bonds is 3. The molecule has 0 radical (unpaired) electrons. The highest BCUT2D eigenvalue weighted by atomic mass is 35.5. The summed E-state index contributed by atoms with van der Waals surface area (Å²) in [6.07, 6.45) is 3.79. The van der Waals surface area contributed by atoms with Gasteiger partial charge in [-0.05, 0) is 61.7 Å². The minimum atomic E-state index is -0.209. The van der Waals surface area contributed by atoms with E-state index < -0.39 is 0 Å². The van der Waals surface area contributed by atoms with Crippen LogP contribution in [-0.2, 0) is 0 Å². The molecule has 2 aromatic rings. The van der Waals surface area contributed by atoms with Gasteiger partial charge in [0.1, 0.15) is 5.69 Å². The summed E-state index contributed by atoms with van der Waals surface area (Å²) >= 11 is 5.99. The summed E-state index contributed by atoms with van der Waals surface area (Å²) in [4.78, 5) is 31.0. The standard InChI is InChI=1S/C24H21ClN4O2/c1-15-21(16-5-4-6-17(13-16)23(30)28-11-2-3-12-28)22-20(14-26-15)24(31)29(27-22)19-9-7-18(25)8-10-19/h4-10,13-14,26H,2-3,11-12H2,1H3. The van der Waals surface area contributed by atoms with E-state index in [0.717, 1.165) is 42.8 Å². The van der Waals surface area contributed by atoms with Crippen LogP contribution in [0.2, 0.25) is 5.02 Å². The number of nitrogens with zero attached hydrogens (tertiary/aromatic N) is 3. The van der Waals surface area contributed by atoms with Gasteiger partial charge in [-0.3, -0.25) is 9.59 Å². The number of H-pyrrole nitrogens is 1. The predicted octanol–water partition coefficient (Wildman–Crippen LogP) is 4.53. The average molecular weight is 433 g/mol. The van der Waals surface area contributed by atoms with E-state index in [9.17, 15) is 9.59 Å². The zero-order valence-electron chi connectivity index (χ0n) is 17.1. The number of fused-ring (bicyclic) bond motifs is 1. The molecule has 3 aliphatic heterocycles. The molecule has 0 saturated carbocycles. The maximum atomic E-state index is 13.0. The number of amides is 1. The normalized spacial score (nSPS) is 13.8. The second-order valence-corrected chi connectivity index (χ2v) is 8.26. The van der Waals surface area contributed by atoms with E-state index in [4.69, 9.17) is 11.6 Å². The van der Waals surface area contributed by atoms with Gasteiger partial charge in [-0.2, -0.15) is 9.78 Å². The van der Waals surface area contributed by atoms with Gasteiger partial charge in [-0.25, -0.2) is 0 Å². The Hall–Kier alpha value is -3.38. The first-order valence-corrected chi connectivity index (χ1v) is 10.7. The molecule has 0 aromatic heterocycles. The van der Waals surface area contributed by atoms with Gasteiger partial charge in [0.25, 0.3) is 11.5 Å². The number of pyridine rings is 1. The summed E-state index contributed by atoms with van der Waals surface area (Å²) in [5, 5.41) is 5.24. The molecule has 0 bridgehead atoms. The number of halogens is 1. The molecule has 1 amide bonds. The summed E-state index contributed by atoms with van der Waals surface area (Å²) in [5.74, 6) is 0.0457. The maximum Gasteiger partial charge on any atom is 0.282 e. The lowest BCUT2D eigenvalue weighted by Gasteiger charge is -2.16. The molecule has 0 aliphatic carbocycles. The van der Waals surface area contributed by atoms with Crippen molar-refractivity contribution in [3.05, 3.63) is 81.4 Å². The van der Waals surface area contributed by atoms with Gasteiger partial charge in [0, 0.05) is 41.1 Å². The molecule has 2 aromatic carbocycles. The maximum absolute atomic E-state index is 13.0. The fourth-order valence-electron chi connectivity index (χ4n) is 4.18. The van der Waals surface area contributed by atoms with E-state index in [1.165, 1.54) is 4.68 Å². The van der Waals surface area contributed by atoms with Crippen molar-refractivity contribution in [2.45, 2.75) is 19.8 Å². The number of aryl methyl sites for hydroxylation is 1. The van der Waals surface area contributed by atoms with Crippen molar-refractivity contribution in [3.63, 3.8) is 0 Å². The van der Waals surface area contributed by atoms with Gasteiger partial charge in [0.15, 0.2) is 0 Å². The third-order valence-electron chi connectivity index (χ3n) is 5.79. The summed E-state index contributed by atoms with van der Waals surface area (Å²) in [5.41, 5.74) is 4.72. The molecular weight excluding hydrogens is 412 g/mol. The quantitative estimate of drug-likeness (QED) is 0.517. The number of carbonyl (C=O) groups excluding carboxylic acids is 1. The van der Waals surface area contributed by atoms with E-state index >= 15 is 0 Å². The first kappa shape index (κ1) is 19.6. The minimum absolute atomic E-state index is 0.0457. The Morgan fingerprint density at radius 3 is 2.58 bits per heavy atom. The highest BCUT2D eigenvalue weighted by molar-refractivity contribution is 6.30. The highest BCUT2D eigenvalue weighted by Gasteiger charge is 2.24. The van der Waals surface area contributed by atoms with Crippen LogP contribution < -0.4 is 5.56 Å². The molecule has 1 N–H and O–H groups in total. The van der Waals surface area contributed by atoms with Crippen molar-refractivity contribution in [2.75, 3.05) is 13.1 Å². The molecule has 0 spiro atoms. The van der Waals surface area contributed by atoms with Crippen LogP contribution >= 0.6 is 11.6 Å². The number of carbonyl (C=O) groups is 1. The molecule has 7 heteroatoms. The third kappa shape index (κ3) is 3.43. The third-order valence-corrected chi connectivity index (χ3v) is 6.04. The van der Waals surface area contributed by atoms with Crippen LogP contribution in [0.25, 0.3) is 28.1 Å². The highest BCUT2D eigenvalue weighted by Crippen LogP contribution is 2.33. The molecule has 0 atom stereocenters. The van der Waals surface area contributed by atoms with Crippen molar-refractivity contribution in [1.82, 2.24) is 19.7 Å². The predicted molar refractivity (Wildman–Crippen MR) is 121 cm³/mol. The second-order valence-electron chi connectivity index (χ2n) is 7.82. The Morgan fingerprint density at radius 1 is 1.10 bits per heavy atom. The Bertz CT molecular complexity index is 1300. The Balaban J connectivity index is 1.63. The molecule has 31 heavy (non-hydrogen) atoms. The minimum Gasteiger partial charge on any atom is -0.364 e. The first-order chi connectivity index (χ1) is 15.0. The van der Waals surface area contributed by atoms with Crippen LogP contribution in [-0.4, -0.2) is 38.7 Å². The molecule has 3 aliphatic rings. The number of aromatic amines is 1. The lowest BCUT2D eigenvalue weighted by Crippen LogP contribution is -2.27. The number of benzene rings is 2. The summed E-state index contributed by atoms with van der Waals surface area (Å²) in [7, 11) is 0. The fraction of sp³-hybridized carbons (Fsp3) is 0.208. The average Bonchev–Trinajstić information content (AvgIpc) is 3.43. The van der Waals surface area contributed by atoms with Crippen molar-refractivity contribution < 1.29 is 4.79 Å². The van der Waals surface area contributed by atoms with Crippen LogP contribution in [0.4, 0.5) is 0 Å². The van der Waals surface area contributed by atoms with Crippen LogP contribution in [0.5, 0.6) is 0 Å². The van der Waals surface area contributed by atoms with Gasteiger partial charge >= 0.3 is 0 Å². The molecule has 0 unspecified atom stereocenters. The van der Waals surface area contributed by atoms with Crippen LogP contribution in [0.3, 0.4) is 0 Å². The smallest absolute Gasteiger partial charge is 0.282 e. The number of aromatic nitrogens is 3. The van der Waals surface area contributed by atoms with Crippen molar-refractivity contribution in [1.29, 1.82) is 0 Å². The molecule has 3 heterocycles. The topological polar surface area (TPSA) is 71.0 Å². The summed E-state index contributed by atoms with van der Waals surface area (Å²) < 4.78 is 1.39. The molecule has 5 rings (SSSR count). The van der Waals surface area contributed by atoms with Gasteiger partial charge in [-0.1, -0.05) is 23.7 Å². The first-order valence-electron chi connectivity index (χ1n) is 10.3. The van der Waals surface area contributed by atoms with Crippen LogP contribution in [0, 0.1) is 6.92 Å². The molecule has 1 saturated heterocycles. The lowest BCUT2D eigenvalue weighted by atomic mass is 9.97. The van der Waals surface area contributed by atoms with Crippen LogP contribution in [0.1, 0.15) is 28.9 Å². The molecule has 1 fully saturated rings. The summed E-state index contributed by atoms with van der Waals surface area (Å²) in [6.45, 7) is 3.54. The SMILES string of the molecule is Cc1[nH]cc2c(=O)n(-c3ccc(Cl)cc3)nc-2c1-c1cccc(C(=O)N2CCCC2)c1. The van der Waals surface area contributed by atoms with Crippen LogP contribution in [0.15, 0.2) is 59.5 Å². The van der Waals surface area contributed by atoms with Gasteiger partial charge < -0.3 is 9.88 Å². The van der Waals surface area contributed by atoms with Gasteiger partial charge in [0.05, 0.1) is 11.3 Å². The molecule has 6 nitrogen and oxygen atoms in total. The zero-order chi connectivity index (χ0) is 21.5. The second kappa shape index (κ2) is 7.71. The Labute approximate surface area is 184 Å². The Morgan fingerprint density at radius 2 is 1.84 bits per heavy atom. The number of hydrogen-bond donors (Lipinski definition) is 1. The van der Waals surface area contributed by atoms with E-state index in [1.54, 1.807) is 30.5 Å². The van der Waals surface area contributed by atoms with E-state index in [1.807, 2.05) is 36.1 Å². The Kier molecular flexibility index (Phi) is 4.87. The number of likely N-dealkylation sites (tertiary alicyclic amines) is 1. The van der Waals surface area contributed by atoms with Crippen molar-refractivity contribution >= 4 is 17.5 Å². The number of hydrogen-bond acceptors (Lipinski definition) is 3.